The van der Waals surface area contributed by atoms with Gasteiger partial charge in [0.2, 0.25) is 0 Å². The minimum Gasteiger partial charge on any atom is -0.382 e. The Morgan fingerprint density at radius 2 is 2.40 bits per heavy atom. The topological polar surface area (TPSA) is 62.8 Å². The molecule has 0 radical (unpaired) electrons. The summed E-state index contributed by atoms with van der Waals surface area (Å²) in [6, 6.07) is 0. The Morgan fingerprint density at radius 3 is 2.60 bits per heavy atom. The van der Waals surface area contributed by atoms with Crippen LogP contribution in [0.15, 0.2) is 5.38 Å². The molecule has 0 bridgehead atoms. The standard InChI is InChI=1S/C4H4ClN3S.ClH/c5-4-8-2(1-9-4)3(6)7;/h1H,(H3,6,7);1H. The van der Waals surface area contributed by atoms with Crippen molar-refractivity contribution in [1.29, 1.82) is 5.41 Å². The summed E-state index contributed by atoms with van der Waals surface area (Å²) in [5.41, 5.74) is 5.54. The second-order valence-electron chi connectivity index (χ2n) is 1.40. The number of rotatable bonds is 1. The number of nitrogens with one attached hydrogen (secondary N) is 1. The van der Waals surface area contributed by atoms with E-state index in [9.17, 15) is 0 Å². The number of nitrogen functional groups attached to an aromatic ring is 1. The number of nitrogens with zero attached hydrogens (tertiary/aromatic N) is 1. The van der Waals surface area contributed by atoms with Crippen molar-refractivity contribution >= 4 is 41.2 Å². The molecule has 0 aliphatic heterocycles. The van der Waals surface area contributed by atoms with Gasteiger partial charge < -0.3 is 5.73 Å². The summed E-state index contributed by atoms with van der Waals surface area (Å²) in [7, 11) is 0. The maximum absolute atomic E-state index is 6.91. The average Bonchev–Trinajstić information content (AvgIpc) is 2.14. The first-order chi connectivity index (χ1) is 4.20. The van der Waals surface area contributed by atoms with Crippen LogP contribution in [0.25, 0.3) is 0 Å². The van der Waals surface area contributed by atoms with Gasteiger partial charge in [-0.2, -0.15) is 0 Å². The Kier molecular flexibility index (Phi) is 3.63. The Bertz CT molecular complexity index is 234. The number of thiazole rings is 1. The molecule has 0 unspecified atom stereocenters. The van der Waals surface area contributed by atoms with Gasteiger partial charge in [0.05, 0.1) is 0 Å². The molecule has 0 saturated carbocycles. The second-order valence-corrected chi connectivity index (χ2v) is 2.84. The highest BCUT2D eigenvalue weighted by molar-refractivity contribution is 7.14. The van der Waals surface area contributed by atoms with Gasteiger partial charge in [-0.1, -0.05) is 11.6 Å². The lowest BCUT2D eigenvalue weighted by Gasteiger charge is -1.84. The molecule has 0 aliphatic carbocycles. The molecule has 0 amide bonds. The van der Waals surface area contributed by atoms with Gasteiger partial charge >= 0.3 is 0 Å². The van der Waals surface area contributed by atoms with Gasteiger partial charge in [0.1, 0.15) is 11.5 Å². The third kappa shape index (κ3) is 2.13. The molecule has 0 saturated heterocycles. The third-order valence-corrected chi connectivity index (χ3v) is 1.73. The zero-order chi connectivity index (χ0) is 6.85. The van der Waals surface area contributed by atoms with Crippen molar-refractivity contribution in [2.24, 2.45) is 5.73 Å². The van der Waals surface area contributed by atoms with E-state index in [1.165, 1.54) is 11.3 Å². The van der Waals surface area contributed by atoms with Gasteiger partial charge in [-0.3, -0.25) is 5.41 Å². The molecule has 1 aromatic heterocycles. The summed E-state index contributed by atoms with van der Waals surface area (Å²) in [5.74, 6) is -0.0434. The average molecular weight is 198 g/mol. The molecular formula is C4H5Cl2N3S. The molecule has 0 spiro atoms. The molecule has 10 heavy (non-hydrogen) atoms. The van der Waals surface area contributed by atoms with E-state index >= 15 is 0 Å². The van der Waals surface area contributed by atoms with Crippen molar-refractivity contribution in [1.82, 2.24) is 4.98 Å². The maximum atomic E-state index is 6.91. The third-order valence-electron chi connectivity index (χ3n) is 0.752. The molecule has 0 fully saturated rings. The van der Waals surface area contributed by atoms with Crippen molar-refractivity contribution in [3.8, 4) is 0 Å². The quantitative estimate of drug-likeness (QED) is 0.530. The summed E-state index contributed by atoms with van der Waals surface area (Å²) >= 11 is 6.73. The summed E-state index contributed by atoms with van der Waals surface area (Å²) in [5, 5.41) is 8.56. The lowest BCUT2D eigenvalue weighted by Crippen LogP contribution is -2.10. The highest BCUT2D eigenvalue weighted by atomic mass is 35.5. The smallest absolute Gasteiger partial charge is 0.184 e. The first-order valence-electron chi connectivity index (χ1n) is 2.15. The molecule has 1 rings (SSSR count). The van der Waals surface area contributed by atoms with E-state index in [0.29, 0.717) is 10.2 Å². The Labute approximate surface area is 73.1 Å². The minimum absolute atomic E-state index is 0. The van der Waals surface area contributed by atoms with Gasteiger partial charge in [0, 0.05) is 5.38 Å². The van der Waals surface area contributed by atoms with Crippen LogP contribution in [0, 0.1) is 5.41 Å². The summed E-state index contributed by atoms with van der Waals surface area (Å²) < 4.78 is 0.417. The first kappa shape index (κ1) is 9.68. The number of amidine groups is 1. The van der Waals surface area contributed by atoms with E-state index in [-0.39, 0.29) is 18.2 Å². The SMILES string of the molecule is Cl.N=C(N)c1csc(Cl)n1. The van der Waals surface area contributed by atoms with Crippen LogP contribution in [0.2, 0.25) is 4.47 Å². The van der Waals surface area contributed by atoms with Gasteiger partial charge in [0.25, 0.3) is 0 Å². The van der Waals surface area contributed by atoms with Crippen LogP contribution < -0.4 is 5.73 Å². The fraction of sp³-hybridized carbons (Fsp3) is 0. The van der Waals surface area contributed by atoms with Gasteiger partial charge in [-0.15, -0.1) is 23.7 Å². The molecule has 0 aromatic carbocycles. The molecule has 1 heterocycles. The highest BCUT2D eigenvalue weighted by Crippen LogP contribution is 2.13. The Balaban J connectivity index is 0.000000810. The summed E-state index contributed by atoms with van der Waals surface area (Å²) in [6.45, 7) is 0. The Morgan fingerprint density at radius 1 is 1.80 bits per heavy atom. The molecule has 1 aromatic rings. The van der Waals surface area contributed by atoms with Crippen molar-refractivity contribution in [2.45, 2.75) is 0 Å². The predicted octanol–water partition coefficient (Wildman–Crippen LogP) is 1.50. The second kappa shape index (κ2) is 3.75. The van der Waals surface area contributed by atoms with Gasteiger partial charge in [-0.25, -0.2) is 4.98 Å². The molecular weight excluding hydrogens is 193 g/mol. The van der Waals surface area contributed by atoms with Crippen LogP contribution in [0.3, 0.4) is 0 Å². The van der Waals surface area contributed by atoms with Crippen LogP contribution in [0.4, 0.5) is 0 Å². The number of hydrogen-bond acceptors (Lipinski definition) is 3. The number of aromatic nitrogens is 1. The molecule has 3 nitrogen and oxygen atoms in total. The van der Waals surface area contributed by atoms with Crippen molar-refractivity contribution < 1.29 is 0 Å². The van der Waals surface area contributed by atoms with E-state index in [2.05, 4.69) is 4.98 Å². The van der Waals surface area contributed by atoms with E-state index in [4.69, 9.17) is 22.7 Å². The van der Waals surface area contributed by atoms with Gasteiger partial charge in [0.15, 0.2) is 4.47 Å². The van der Waals surface area contributed by atoms with E-state index in [1.54, 1.807) is 5.38 Å². The first-order valence-corrected chi connectivity index (χ1v) is 3.41. The zero-order valence-electron chi connectivity index (χ0n) is 4.80. The fourth-order valence-corrected chi connectivity index (χ4v) is 1.14. The Hall–Kier alpha value is -0.320. The van der Waals surface area contributed by atoms with E-state index in [1.807, 2.05) is 0 Å². The molecule has 6 heteroatoms. The lowest BCUT2D eigenvalue weighted by molar-refractivity contribution is 1.32. The largest absolute Gasteiger partial charge is 0.382 e. The molecule has 56 valence electrons. The van der Waals surface area contributed by atoms with Crippen LogP contribution in [-0.2, 0) is 0 Å². The van der Waals surface area contributed by atoms with Crippen molar-refractivity contribution in [3.63, 3.8) is 0 Å². The van der Waals surface area contributed by atoms with Gasteiger partial charge in [-0.05, 0) is 0 Å². The molecule has 3 N–H and O–H groups in total. The maximum Gasteiger partial charge on any atom is 0.184 e. The highest BCUT2D eigenvalue weighted by Gasteiger charge is 1.99. The molecule has 0 atom stereocenters. The van der Waals surface area contributed by atoms with Crippen LogP contribution in [-0.4, -0.2) is 10.8 Å². The number of hydrogen-bond donors (Lipinski definition) is 2. The normalized spacial score (nSPS) is 8.50. The van der Waals surface area contributed by atoms with Crippen molar-refractivity contribution in [3.05, 3.63) is 15.5 Å². The van der Waals surface area contributed by atoms with Crippen LogP contribution in [0.1, 0.15) is 5.69 Å². The van der Waals surface area contributed by atoms with Crippen molar-refractivity contribution in [2.75, 3.05) is 0 Å². The van der Waals surface area contributed by atoms with E-state index in [0.717, 1.165) is 0 Å². The lowest BCUT2D eigenvalue weighted by atomic mass is 10.5. The minimum atomic E-state index is -0.0434. The molecule has 0 aliphatic rings. The van der Waals surface area contributed by atoms with Crippen LogP contribution >= 0.6 is 35.3 Å². The monoisotopic (exact) mass is 197 g/mol. The van der Waals surface area contributed by atoms with E-state index < -0.39 is 0 Å². The number of halogens is 2. The summed E-state index contributed by atoms with van der Waals surface area (Å²) in [6.07, 6.45) is 0. The zero-order valence-corrected chi connectivity index (χ0v) is 7.19. The van der Waals surface area contributed by atoms with Crippen LogP contribution in [0.5, 0.6) is 0 Å². The summed E-state index contributed by atoms with van der Waals surface area (Å²) in [4.78, 5) is 3.74. The predicted molar refractivity (Wildman–Crippen MR) is 45.4 cm³/mol. The number of nitrogens with two attached hydrogens (primary N) is 1. The fourth-order valence-electron chi connectivity index (χ4n) is 0.376.